The zero-order valence-corrected chi connectivity index (χ0v) is 13.4. The van der Waals surface area contributed by atoms with Gasteiger partial charge in [0.25, 0.3) is 5.56 Å². The molecule has 0 aliphatic heterocycles. The van der Waals surface area contributed by atoms with Crippen molar-refractivity contribution in [1.82, 2.24) is 19.7 Å². The van der Waals surface area contributed by atoms with Gasteiger partial charge >= 0.3 is 0 Å². The average molecular weight is 322 g/mol. The number of hydrogen-bond donors (Lipinski definition) is 1. The highest BCUT2D eigenvalue weighted by molar-refractivity contribution is 7.19. The van der Waals surface area contributed by atoms with Gasteiger partial charge < -0.3 is 4.57 Å². The number of nitrogens with zero attached hydrogens (tertiary/aromatic N) is 3. The first-order valence-electron chi connectivity index (χ1n) is 7.59. The van der Waals surface area contributed by atoms with Crippen LogP contribution in [0.3, 0.4) is 0 Å². The third kappa shape index (κ3) is 1.64. The second kappa shape index (κ2) is 4.29. The Labute approximate surface area is 135 Å². The lowest BCUT2D eigenvalue weighted by atomic mass is 9.97. The van der Waals surface area contributed by atoms with Crippen LogP contribution in [0.1, 0.15) is 23.4 Å². The van der Waals surface area contributed by atoms with Gasteiger partial charge in [-0.05, 0) is 18.4 Å². The molecule has 4 aromatic rings. The molecule has 0 radical (unpaired) electrons. The minimum Gasteiger partial charge on any atom is -0.323 e. The van der Waals surface area contributed by atoms with Crippen LogP contribution in [0.5, 0.6) is 0 Å². The molecule has 0 saturated heterocycles. The van der Waals surface area contributed by atoms with Gasteiger partial charge in [-0.3, -0.25) is 4.79 Å². The fourth-order valence-corrected chi connectivity index (χ4v) is 4.80. The molecule has 5 nitrogen and oxygen atoms in total. The normalized spacial score (nSPS) is 16.2. The molecular weight excluding hydrogens is 308 g/mol. The smallest absolute Gasteiger partial charge is 0.288 e. The summed E-state index contributed by atoms with van der Waals surface area (Å²) in [6.45, 7) is 0. The molecule has 114 valence electrons. The van der Waals surface area contributed by atoms with Gasteiger partial charge in [-0.25, -0.2) is 10.1 Å². The molecule has 3 heterocycles. The van der Waals surface area contributed by atoms with Crippen molar-refractivity contribution in [1.29, 1.82) is 0 Å². The maximum atomic E-state index is 12.0. The Morgan fingerprint density at radius 3 is 2.78 bits per heavy atom. The van der Waals surface area contributed by atoms with Crippen molar-refractivity contribution in [3.63, 3.8) is 0 Å². The number of benzene rings is 1. The van der Waals surface area contributed by atoms with E-state index >= 15 is 0 Å². The molecule has 0 bridgehead atoms. The number of aryl methyl sites for hydroxylation is 1. The maximum Gasteiger partial charge on any atom is 0.288 e. The Hall–Kier alpha value is -2.47. The van der Waals surface area contributed by atoms with E-state index in [9.17, 15) is 4.79 Å². The first kappa shape index (κ1) is 13.0. The zero-order valence-electron chi connectivity index (χ0n) is 12.5. The second-order valence-corrected chi connectivity index (χ2v) is 7.14. The molecular formula is C17H14N4OS. The van der Waals surface area contributed by atoms with E-state index in [1.807, 2.05) is 17.7 Å². The molecule has 1 N–H and O–H groups in total. The fraction of sp³-hybridized carbons (Fsp3) is 0.235. The quantitative estimate of drug-likeness (QED) is 0.617. The molecule has 3 aromatic heterocycles. The summed E-state index contributed by atoms with van der Waals surface area (Å²) in [5.74, 6) is 0. The van der Waals surface area contributed by atoms with Gasteiger partial charge in [0.2, 0.25) is 0 Å². The van der Waals surface area contributed by atoms with Crippen LogP contribution in [0.2, 0.25) is 0 Å². The monoisotopic (exact) mass is 322 g/mol. The lowest BCUT2D eigenvalue weighted by molar-refractivity contribution is 0.830. The number of thiazole rings is 1. The van der Waals surface area contributed by atoms with Crippen LogP contribution in [0.25, 0.3) is 21.3 Å². The molecule has 1 aliphatic rings. The molecule has 0 spiro atoms. The van der Waals surface area contributed by atoms with Crippen LogP contribution >= 0.6 is 11.3 Å². The Morgan fingerprint density at radius 2 is 2.04 bits per heavy atom. The lowest BCUT2D eigenvalue weighted by Crippen LogP contribution is -2.11. The lowest BCUT2D eigenvalue weighted by Gasteiger charge is -2.12. The number of nitrogens with one attached hydrogen (secondary N) is 1. The topological polar surface area (TPSA) is 63.6 Å². The maximum absolute atomic E-state index is 12.0. The minimum atomic E-state index is -0.166. The number of aromatic nitrogens is 4. The van der Waals surface area contributed by atoms with Crippen molar-refractivity contribution < 1.29 is 0 Å². The molecule has 0 amide bonds. The predicted molar refractivity (Wildman–Crippen MR) is 91.0 cm³/mol. The van der Waals surface area contributed by atoms with E-state index in [2.05, 4.69) is 34.5 Å². The SMILES string of the molecule is Cn1c2nc(C3(c4ccccc4)CC3)sc2c2cn[nH]c(=O)c21. The van der Waals surface area contributed by atoms with Crippen molar-refractivity contribution in [3.8, 4) is 0 Å². The summed E-state index contributed by atoms with van der Waals surface area (Å²) in [7, 11) is 1.89. The van der Waals surface area contributed by atoms with Crippen molar-refractivity contribution in [3.05, 3.63) is 57.5 Å². The zero-order chi connectivity index (χ0) is 15.6. The van der Waals surface area contributed by atoms with Crippen molar-refractivity contribution in [2.24, 2.45) is 7.05 Å². The Kier molecular flexibility index (Phi) is 2.43. The summed E-state index contributed by atoms with van der Waals surface area (Å²) in [6.07, 6.45) is 3.99. The number of fused-ring (bicyclic) bond motifs is 3. The molecule has 1 fully saturated rings. The van der Waals surface area contributed by atoms with Crippen LogP contribution in [0.15, 0.2) is 41.3 Å². The summed E-state index contributed by atoms with van der Waals surface area (Å²) >= 11 is 1.70. The first-order valence-corrected chi connectivity index (χ1v) is 8.41. The summed E-state index contributed by atoms with van der Waals surface area (Å²) < 4.78 is 2.94. The second-order valence-electron chi connectivity index (χ2n) is 6.14. The fourth-order valence-electron chi connectivity index (χ4n) is 3.42. The number of aromatic amines is 1. The summed E-state index contributed by atoms with van der Waals surface area (Å²) in [5.41, 5.74) is 2.75. The molecule has 6 heteroatoms. The number of hydrogen-bond acceptors (Lipinski definition) is 4. The van der Waals surface area contributed by atoms with Gasteiger partial charge in [0.1, 0.15) is 10.5 Å². The van der Waals surface area contributed by atoms with Gasteiger partial charge in [-0.2, -0.15) is 5.10 Å². The summed E-state index contributed by atoms with van der Waals surface area (Å²) in [4.78, 5) is 16.9. The Bertz CT molecular complexity index is 1100. The van der Waals surface area contributed by atoms with E-state index in [4.69, 9.17) is 4.98 Å². The number of rotatable bonds is 2. The van der Waals surface area contributed by atoms with Crippen molar-refractivity contribution >= 4 is 32.6 Å². The van der Waals surface area contributed by atoms with Crippen LogP contribution in [0, 0.1) is 0 Å². The van der Waals surface area contributed by atoms with Crippen LogP contribution in [-0.2, 0) is 12.5 Å². The Morgan fingerprint density at radius 1 is 1.26 bits per heavy atom. The molecule has 1 aromatic carbocycles. The summed E-state index contributed by atoms with van der Waals surface area (Å²) in [5, 5.41) is 8.48. The van der Waals surface area contributed by atoms with Crippen molar-refractivity contribution in [2.45, 2.75) is 18.3 Å². The van der Waals surface area contributed by atoms with E-state index in [0.717, 1.165) is 33.6 Å². The van der Waals surface area contributed by atoms with Crippen molar-refractivity contribution in [2.75, 3.05) is 0 Å². The van der Waals surface area contributed by atoms with Gasteiger partial charge in [-0.15, -0.1) is 11.3 Å². The molecule has 1 aliphatic carbocycles. The molecule has 1 saturated carbocycles. The highest BCUT2D eigenvalue weighted by Gasteiger charge is 2.48. The first-order chi connectivity index (χ1) is 11.2. The van der Waals surface area contributed by atoms with E-state index in [0.29, 0.717) is 5.52 Å². The summed E-state index contributed by atoms with van der Waals surface area (Å²) in [6, 6.07) is 10.6. The standard InChI is InChI=1S/C17H14N4OS/c1-21-12-11(9-18-20-15(12)22)13-14(21)19-16(23-13)17(7-8-17)10-5-3-2-4-6-10/h2-6,9H,7-8H2,1H3,(H,20,22). The van der Waals surface area contributed by atoms with Gasteiger partial charge in [0, 0.05) is 17.8 Å². The van der Waals surface area contributed by atoms with Crippen LogP contribution in [0.4, 0.5) is 0 Å². The highest BCUT2D eigenvalue weighted by atomic mass is 32.1. The number of H-pyrrole nitrogens is 1. The molecule has 23 heavy (non-hydrogen) atoms. The Balaban J connectivity index is 1.78. The van der Waals surface area contributed by atoms with E-state index in [1.54, 1.807) is 17.5 Å². The predicted octanol–water partition coefficient (Wildman–Crippen LogP) is 2.95. The average Bonchev–Trinajstić information content (AvgIpc) is 3.19. The molecule has 5 rings (SSSR count). The van der Waals surface area contributed by atoms with Crippen LogP contribution < -0.4 is 5.56 Å². The van der Waals surface area contributed by atoms with Crippen LogP contribution in [-0.4, -0.2) is 19.7 Å². The van der Waals surface area contributed by atoms with Gasteiger partial charge in [0.05, 0.1) is 10.9 Å². The molecule has 0 unspecified atom stereocenters. The van der Waals surface area contributed by atoms with E-state index < -0.39 is 0 Å². The third-order valence-electron chi connectivity index (χ3n) is 4.82. The minimum absolute atomic E-state index is 0.0614. The van der Waals surface area contributed by atoms with E-state index in [1.165, 1.54) is 5.56 Å². The molecule has 0 atom stereocenters. The van der Waals surface area contributed by atoms with Gasteiger partial charge in [-0.1, -0.05) is 30.3 Å². The largest absolute Gasteiger partial charge is 0.323 e. The van der Waals surface area contributed by atoms with E-state index in [-0.39, 0.29) is 11.0 Å². The van der Waals surface area contributed by atoms with Gasteiger partial charge in [0.15, 0.2) is 5.65 Å². The third-order valence-corrected chi connectivity index (χ3v) is 6.10. The highest BCUT2D eigenvalue weighted by Crippen LogP contribution is 2.55.